The zero-order chi connectivity index (χ0) is 16.9. The third-order valence-corrected chi connectivity index (χ3v) is 4.03. The zero-order valence-corrected chi connectivity index (χ0v) is 13.4. The molecule has 1 heterocycles. The van der Waals surface area contributed by atoms with E-state index in [1.807, 2.05) is 24.3 Å². The first-order valence-electron chi connectivity index (χ1n) is 7.79. The van der Waals surface area contributed by atoms with Gasteiger partial charge in [0.1, 0.15) is 5.75 Å². The van der Waals surface area contributed by atoms with Crippen molar-refractivity contribution in [2.75, 3.05) is 19.0 Å². The van der Waals surface area contributed by atoms with E-state index in [1.165, 1.54) is 0 Å². The predicted octanol–water partition coefficient (Wildman–Crippen LogP) is 1.95. The number of benzene rings is 1. The van der Waals surface area contributed by atoms with Gasteiger partial charge in [0.25, 0.3) is 0 Å². The molecular formula is C18H19N3O3. The number of methoxy groups -OCH3 is 1. The third kappa shape index (κ3) is 3.71. The highest BCUT2D eigenvalue weighted by Gasteiger charge is 2.45. The Balaban J connectivity index is 1.49. The van der Waals surface area contributed by atoms with Gasteiger partial charge in [-0.3, -0.25) is 14.6 Å². The number of amides is 2. The Labute approximate surface area is 140 Å². The maximum atomic E-state index is 12.2. The maximum absolute atomic E-state index is 12.2. The molecule has 1 aliphatic carbocycles. The summed E-state index contributed by atoms with van der Waals surface area (Å²) in [7, 11) is 1.62. The Kier molecular flexibility index (Phi) is 4.74. The van der Waals surface area contributed by atoms with Crippen LogP contribution in [-0.2, 0) is 9.59 Å². The molecule has 6 heteroatoms. The quantitative estimate of drug-likeness (QED) is 0.851. The number of pyridine rings is 1. The van der Waals surface area contributed by atoms with Gasteiger partial charge < -0.3 is 15.4 Å². The van der Waals surface area contributed by atoms with Crippen LogP contribution in [0.3, 0.4) is 0 Å². The summed E-state index contributed by atoms with van der Waals surface area (Å²) >= 11 is 0. The zero-order valence-electron chi connectivity index (χ0n) is 13.4. The Bertz CT molecular complexity index is 733. The van der Waals surface area contributed by atoms with Crippen molar-refractivity contribution in [2.24, 2.45) is 5.92 Å². The fourth-order valence-corrected chi connectivity index (χ4v) is 2.74. The van der Waals surface area contributed by atoms with Gasteiger partial charge in [-0.2, -0.15) is 0 Å². The number of hydrogen-bond donors (Lipinski definition) is 2. The van der Waals surface area contributed by atoms with E-state index in [2.05, 4.69) is 15.6 Å². The van der Waals surface area contributed by atoms with Crippen LogP contribution >= 0.6 is 0 Å². The number of nitrogens with zero attached hydrogens (tertiary/aromatic N) is 1. The monoisotopic (exact) mass is 325 g/mol. The molecule has 1 saturated carbocycles. The molecule has 0 radical (unpaired) electrons. The number of rotatable bonds is 6. The second-order valence-corrected chi connectivity index (χ2v) is 5.70. The molecule has 1 aromatic heterocycles. The predicted molar refractivity (Wildman–Crippen MR) is 89.7 cm³/mol. The standard InChI is InChI=1S/C18H19N3O3/c1-24-16-7-3-2-6-13(16)14-9-15(14)18(23)20-11-17(22)21-12-5-4-8-19-10-12/h2-8,10,14-15H,9,11H2,1H3,(H,20,23)(H,21,22)/t14-,15+/m0/s1. The van der Waals surface area contributed by atoms with Crippen LogP contribution in [0.4, 0.5) is 5.69 Å². The lowest BCUT2D eigenvalue weighted by Gasteiger charge is -2.08. The smallest absolute Gasteiger partial charge is 0.243 e. The first kappa shape index (κ1) is 16.0. The van der Waals surface area contributed by atoms with E-state index in [-0.39, 0.29) is 30.2 Å². The molecule has 0 unspecified atom stereocenters. The highest BCUT2D eigenvalue weighted by molar-refractivity contribution is 5.95. The summed E-state index contributed by atoms with van der Waals surface area (Å²) in [5, 5.41) is 5.37. The summed E-state index contributed by atoms with van der Waals surface area (Å²) in [5.41, 5.74) is 1.65. The molecule has 0 aliphatic heterocycles. The normalized spacial score (nSPS) is 18.5. The molecule has 6 nitrogen and oxygen atoms in total. The Hall–Kier alpha value is -2.89. The number of anilines is 1. The van der Waals surface area contributed by atoms with Crippen LogP contribution in [0, 0.1) is 5.92 Å². The van der Waals surface area contributed by atoms with E-state index in [1.54, 1.807) is 31.6 Å². The molecule has 124 valence electrons. The molecule has 2 N–H and O–H groups in total. The van der Waals surface area contributed by atoms with Gasteiger partial charge in [-0.15, -0.1) is 0 Å². The first-order valence-corrected chi connectivity index (χ1v) is 7.79. The minimum atomic E-state index is -0.272. The number of ether oxygens (including phenoxy) is 1. The van der Waals surface area contributed by atoms with E-state index in [0.29, 0.717) is 5.69 Å². The molecular weight excluding hydrogens is 306 g/mol. The summed E-state index contributed by atoms with van der Waals surface area (Å²) in [5.74, 6) is 0.472. The minimum absolute atomic E-state index is 0.0527. The summed E-state index contributed by atoms with van der Waals surface area (Å²) in [4.78, 5) is 28.0. The van der Waals surface area contributed by atoms with Gasteiger partial charge >= 0.3 is 0 Å². The van der Waals surface area contributed by atoms with E-state index in [0.717, 1.165) is 17.7 Å². The highest BCUT2D eigenvalue weighted by atomic mass is 16.5. The SMILES string of the molecule is COc1ccccc1[C@@H]1C[C@H]1C(=O)NCC(=O)Nc1cccnc1. The maximum Gasteiger partial charge on any atom is 0.243 e. The van der Waals surface area contributed by atoms with E-state index in [4.69, 9.17) is 4.74 Å². The van der Waals surface area contributed by atoms with Crippen LogP contribution in [0.2, 0.25) is 0 Å². The number of para-hydroxylation sites is 1. The minimum Gasteiger partial charge on any atom is -0.496 e. The fraction of sp³-hybridized carbons (Fsp3) is 0.278. The molecule has 0 saturated heterocycles. The van der Waals surface area contributed by atoms with Gasteiger partial charge in [0.15, 0.2) is 0 Å². The summed E-state index contributed by atoms with van der Waals surface area (Å²) < 4.78 is 5.34. The van der Waals surface area contributed by atoms with Crippen LogP contribution in [-0.4, -0.2) is 30.5 Å². The van der Waals surface area contributed by atoms with Gasteiger partial charge in [-0.1, -0.05) is 18.2 Å². The molecule has 2 aromatic rings. The lowest BCUT2D eigenvalue weighted by Crippen LogP contribution is -2.34. The molecule has 2 amide bonds. The molecule has 1 aliphatic rings. The Morgan fingerprint density at radius 3 is 2.83 bits per heavy atom. The highest BCUT2D eigenvalue weighted by Crippen LogP contribution is 2.50. The van der Waals surface area contributed by atoms with Gasteiger partial charge in [0, 0.05) is 12.1 Å². The Morgan fingerprint density at radius 1 is 1.25 bits per heavy atom. The van der Waals surface area contributed by atoms with Crippen LogP contribution < -0.4 is 15.4 Å². The number of aromatic nitrogens is 1. The Morgan fingerprint density at radius 2 is 2.08 bits per heavy atom. The first-order chi connectivity index (χ1) is 11.7. The van der Waals surface area contributed by atoms with Crippen LogP contribution in [0.25, 0.3) is 0 Å². The average molecular weight is 325 g/mol. The molecule has 2 atom stereocenters. The molecule has 24 heavy (non-hydrogen) atoms. The molecule has 0 spiro atoms. The summed E-state index contributed by atoms with van der Waals surface area (Å²) in [6, 6.07) is 11.2. The number of carbonyl (C=O) groups is 2. The van der Waals surface area contributed by atoms with Crippen LogP contribution in [0.15, 0.2) is 48.8 Å². The summed E-state index contributed by atoms with van der Waals surface area (Å²) in [6.07, 6.45) is 3.96. The molecule has 3 rings (SSSR count). The van der Waals surface area contributed by atoms with E-state index in [9.17, 15) is 9.59 Å². The molecule has 0 bridgehead atoms. The van der Waals surface area contributed by atoms with Gasteiger partial charge in [0.2, 0.25) is 11.8 Å². The average Bonchev–Trinajstić information content (AvgIpc) is 3.41. The lowest BCUT2D eigenvalue weighted by atomic mass is 10.1. The second kappa shape index (κ2) is 7.12. The van der Waals surface area contributed by atoms with Crippen molar-refractivity contribution in [1.29, 1.82) is 0 Å². The van der Waals surface area contributed by atoms with Crippen molar-refractivity contribution in [3.8, 4) is 5.75 Å². The number of carbonyl (C=O) groups excluding carboxylic acids is 2. The lowest BCUT2D eigenvalue weighted by molar-refractivity contribution is -0.125. The largest absolute Gasteiger partial charge is 0.496 e. The van der Waals surface area contributed by atoms with Crippen molar-refractivity contribution < 1.29 is 14.3 Å². The van der Waals surface area contributed by atoms with Gasteiger partial charge in [-0.05, 0) is 36.1 Å². The van der Waals surface area contributed by atoms with Gasteiger partial charge in [-0.25, -0.2) is 0 Å². The van der Waals surface area contributed by atoms with Crippen LogP contribution in [0.5, 0.6) is 5.75 Å². The number of nitrogens with one attached hydrogen (secondary N) is 2. The van der Waals surface area contributed by atoms with Gasteiger partial charge in [0.05, 0.1) is 25.5 Å². The van der Waals surface area contributed by atoms with Crippen molar-refractivity contribution in [1.82, 2.24) is 10.3 Å². The van der Waals surface area contributed by atoms with E-state index >= 15 is 0 Å². The van der Waals surface area contributed by atoms with Crippen molar-refractivity contribution >= 4 is 17.5 Å². The molecule has 1 fully saturated rings. The van der Waals surface area contributed by atoms with E-state index < -0.39 is 0 Å². The van der Waals surface area contributed by atoms with Crippen molar-refractivity contribution in [2.45, 2.75) is 12.3 Å². The third-order valence-electron chi connectivity index (χ3n) is 4.03. The topological polar surface area (TPSA) is 80.3 Å². The molecule has 1 aromatic carbocycles. The van der Waals surface area contributed by atoms with Crippen molar-refractivity contribution in [3.63, 3.8) is 0 Å². The van der Waals surface area contributed by atoms with Crippen molar-refractivity contribution in [3.05, 3.63) is 54.4 Å². The number of hydrogen-bond acceptors (Lipinski definition) is 4. The second-order valence-electron chi connectivity index (χ2n) is 5.70. The fourth-order valence-electron chi connectivity index (χ4n) is 2.74. The van der Waals surface area contributed by atoms with Crippen LogP contribution in [0.1, 0.15) is 17.9 Å². The summed E-state index contributed by atoms with van der Waals surface area (Å²) in [6.45, 7) is -0.0527.